The van der Waals surface area contributed by atoms with E-state index in [2.05, 4.69) is 5.32 Å². The van der Waals surface area contributed by atoms with Crippen LogP contribution < -0.4 is 5.32 Å². The van der Waals surface area contributed by atoms with Gasteiger partial charge >= 0.3 is 0 Å². The Kier molecular flexibility index (Phi) is 3.10. The van der Waals surface area contributed by atoms with Gasteiger partial charge in [-0.3, -0.25) is 0 Å². The normalized spacial score (nSPS) is 29.0. The van der Waals surface area contributed by atoms with Crippen LogP contribution in [0.4, 0.5) is 8.78 Å². The number of benzene rings is 1. The van der Waals surface area contributed by atoms with Gasteiger partial charge in [0.2, 0.25) is 0 Å². The average molecular weight is 251 g/mol. The molecule has 2 aliphatic rings. The van der Waals surface area contributed by atoms with Crippen molar-refractivity contribution in [2.24, 2.45) is 5.92 Å². The Morgan fingerprint density at radius 3 is 2.72 bits per heavy atom. The minimum absolute atomic E-state index is 0.266. The van der Waals surface area contributed by atoms with Crippen LogP contribution in [0.3, 0.4) is 0 Å². The van der Waals surface area contributed by atoms with E-state index in [-0.39, 0.29) is 17.2 Å². The second kappa shape index (κ2) is 4.61. The van der Waals surface area contributed by atoms with Gasteiger partial charge in [0.1, 0.15) is 11.6 Å². The van der Waals surface area contributed by atoms with Crippen molar-refractivity contribution < 1.29 is 8.78 Å². The highest BCUT2D eigenvalue weighted by Gasteiger charge is 2.47. The van der Waals surface area contributed by atoms with Crippen LogP contribution in [0.25, 0.3) is 0 Å². The molecule has 1 aliphatic carbocycles. The maximum Gasteiger partial charge on any atom is 0.128 e. The summed E-state index contributed by atoms with van der Waals surface area (Å²) in [4.78, 5) is 0. The molecule has 1 saturated carbocycles. The summed E-state index contributed by atoms with van der Waals surface area (Å²) in [5.41, 5.74) is 0.231. The number of nitrogens with one attached hydrogen (secondary N) is 1. The molecule has 1 aromatic rings. The van der Waals surface area contributed by atoms with Gasteiger partial charge in [0, 0.05) is 11.1 Å². The molecule has 1 saturated heterocycles. The molecule has 0 spiro atoms. The Hall–Kier alpha value is -0.960. The average Bonchev–Trinajstić information content (AvgIpc) is 3.17. The minimum atomic E-state index is -0.336. The maximum absolute atomic E-state index is 14.1. The van der Waals surface area contributed by atoms with E-state index in [4.69, 9.17) is 0 Å². The fourth-order valence-corrected chi connectivity index (χ4v) is 3.32. The first-order valence-corrected chi connectivity index (χ1v) is 6.93. The van der Waals surface area contributed by atoms with Gasteiger partial charge in [-0.05, 0) is 56.3 Å². The van der Waals surface area contributed by atoms with Gasteiger partial charge in [-0.15, -0.1) is 0 Å². The van der Waals surface area contributed by atoms with Crippen molar-refractivity contribution in [1.29, 1.82) is 0 Å². The predicted octanol–water partition coefficient (Wildman–Crippen LogP) is 3.73. The van der Waals surface area contributed by atoms with Crippen molar-refractivity contribution in [3.63, 3.8) is 0 Å². The molecule has 0 radical (unpaired) electrons. The Balaban J connectivity index is 2.04. The molecule has 0 aromatic heterocycles. The summed E-state index contributed by atoms with van der Waals surface area (Å²) in [6, 6.07) is 3.86. The first kappa shape index (κ1) is 12.1. The van der Waals surface area contributed by atoms with Crippen LogP contribution in [0.2, 0.25) is 0 Å². The summed E-state index contributed by atoms with van der Waals surface area (Å²) in [5.74, 6) is -0.123. The minimum Gasteiger partial charge on any atom is -0.307 e. The molecule has 1 unspecified atom stereocenters. The molecule has 3 heteroatoms. The monoisotopic (exact) mass is 251 g/mol. The number of halogens is 2. The van der Waals surface area contributed by atoms with Crippen LogP contribution in [-0.4, -0.2) is 6.54 Å². The van der Waals surface area contributed by atoms with Crippen LogP contribution >= 0.6 is 0 Å². The highest BCUT2D eigenvalue weighted by Crippen LogP contribution is 2.50. The van der Waals surface area contributed by atoms with Gasteiger partial charge in [0.15, 0.2) is 0 Å². The lowest BCUT2D eigenvalue weighted by atomic mass is 9.80. The molecular weight excluding hydrogens is 232 g/mol. The largest absolute Gasteiger partial charge is 0.307 e. The summed E-state index contributed by atoms with van der Waals surface area (Å²) in [5, 5.41) is 3.53. The zero-order chi connectivity index (χ0) is 12.6. The Bertz CT molecular complexity index is 432. The summed E-state index contributed by atoms with van der Waals surface area (Å²) >= 11 is 0. The molecule has 98 valence electrons. The van der Waals surface area contributed by atoms with E-state index in [0.29, 0.717) is 11.5 Å². The highest BCUT2D eigenvalue weighted by molar-refractivity contribution is 5.30. The van der Waals surface area contributed by atoms with Crippen molar-refractivity contribution >= 4 is 0 Å². The molecule has 3 rings (SSSR count). The fourth-order valence-electron chi connectivity index (χ4n) is 3.32. The van der Waals surface area contributed by atoms with Crippen LogP contribution in [0, 0.1) is 17.6 Å². The molecule has 1 heterocycles. The molecular formula is C15H19F2N. The van der Waals surface area contributed by atoms with E-state index in [1.807, 2.05) is 0 Å². The Morgan fingerprint density at radius 1 is 1.11 bits per heavy atom. The third-order valence-electron chi connectivity index (χ3n) is 4.37. The van der Waals surface area contributed by atoms with E-state index >= 15 is 0 Å². The summed E-state index contributed by atoms with van der Waals surface area (Å²) in [6.45, 7) is 0.909. The van der Waals surface area contributed by atoms with Gasteiger partial charge < -0.3 is 5.32 Å². The van der Waals surface area contributed by atoms with E-state index in [0.717, 1.165) is 38.6 Å². The first-order valence-electron chi connectivity index (χ1n) is 6.93. The van der Waals surface area contributed by atoms with Crippen molar-refractivity contribution in [2.75, 3.05) is 6.54 Å². The lowest BCUT2D eigenvalue weighted by molar-refractivity contribution is 0.268. The molecule has 1 aromatic carbocycles. The van der Waals surface area contributed by atoms with E-state index in [1.54, 1.807) is 0 Å². The van der Waals surface area contributed by atoms with E-state index in [9.17, 15) is 8.78 Å². The quantitative estimate of drug-likeness (QED) is 0.844. The lowest BCUT2D eigenvalue weighted by Crippen LogP contribution is -2.44. The van der Waals surface area contributed by atoms with Gasteiger partial charge in [-0.2, -0.15) is 0 Å². The van der Waals surface area contributed by atoms with Crippen molar-refractivity contribution in [3.8, 4) is 0 Å². The third-order valence-corrected chi connectivity index (χ3v) is 4.37. The maximum atomic E-state index is 14.1. The molecule has 1 nitrogen and oxygen atoms in total. The second-order valence-corrected chi connectivity index (χ2v) is 5.61. The topological polar surface area (TPSA) is 12.0 Å². The molecule has 1 aliphatic heterocycles. The lowest BCUT2D eigenvalue weighted by Gasteiger charge is -2.35. The van der Waals surface area contributed by atoms with Gasteiger partial charge in [0.25, 0.3) is 0 Å². The zero-order valence-corrected chi connectivity index (χ0v) is 10.5. The van der Waals surface area contributed by atoms with Crippen molar-refractivity contribution in [2.45, 2.75) is 44.1 Å². The molecule has 18 heavy (non-hydrogen) atoms. The van der Waals surface area contributed by atoms with E-state index in [1.165, 1.54) is 24.6 Å². The SMILES string of the molecule is Fc1ccc(F)c(C2(C3CC3)CCCCCN2)c1. The smallest absolute Gasteiger partial charge is 0.128 e. The molecule has 0 amide bonds. The van der Waals surface area contributed by atoms with Crippen molar-refractivity contribution in [1.82, 2.24) is 5.32 Å². The summed E-state index contributed by atoms with van der Waals surface area (Å²) in [7, 11) is 0. The molecule has 1 N–H and O–H groups in total. The Labute approximate surface area is 107 Å². The molecule has 2 fully saturated rings. The van der Waals surface area contributed by atoms with Gasteiger partial charge in [0.05, 0.1) is 0 Å². The predicted molar refractivity (Wildman–Crippen MR) is 67.2 cm³/mol. The van der Waals surface area contributed by atoms with Gasteiger partial charge in [-0.25, -0.2) is 8.78 Å². The van der Waals surface area contributed by atoms with Crippen LogP contribution in [0.5, 0.6) is 0 Å². The number of hydrogen-bond acceptors (Lipinski definition) is 1. The number of rotatable bonds is 2. The van der Waals surface area contributed by atoms with Crippen LogP contribution in [0.15, 0.2) is 18.2 Å². The van der Waals surface area contributed by atoms with Crippen molar-refractivity contribution in [3.05, 3.63) is 35.4 Å². The summed E-state index contributed by atoms with van der Waals surface area (Å²) < 4.78 is 27.6. The molecule has 0 bridgehead atoms. The van der Waals surface area contributed by atoms with Gasteiger partial charge in [-0.1, -0.05) is 12.8 Å². The zero-order valence-electron chi connectivity index (χ0n) is 10.5. The Morgan fingerprint density at radius 2 is 1.94 bits per heavy atom. The second-order valence-electron chi connectivity index (χ2n) is 5.61. The fraction of sp³-hybridized carbons (Fsp3) is 0.600. The standard InChI is InChI=1S/C15H19F2N/c16-12-6-7-14(17)13(10-12)15(11-4-5-11)8-2-1-3-9-18-15/h6-7,10-11,18H,1-5,8-9H2. The van der Waals surface area contributed by atoms with Crippen LogP contribution in [0.1, 0.15) is 44.1 Å². The highest BCUT2D eigenvalue weighted by atomic mass is 19.1. The first-order chi connectivity index (χ1) is 8.72. The van der Waals surface area contributed by atoms with E-state index < -0.39 is 0 Å². The third kappa shape index (κ3) is 2.05. The molecule has 1 atom stereocenters. The van der Waals surface area contributed by atoms with Crippen LogP contribution in [-0.2, 0) is 5.54 Å². The number of hydrogen-bond donors (Lipinski definition) is 1. The summed E-state index contributed by atoms with van der Waals surface area (Å²) in [6.07, 6.45) is 6.59.